The molecule has 0 radical (unpaired) electrons. The summed E-state index contributed by atoms with van der Waals surface area (Å²) in [6.07, 6.45) is 3.37. The lowest BCUT2D eigenvalue weighted by atomic mass is 9.86. The number of aromatic nitrogens is 5. The van der Waals surface area contributed by atoms with Crippen LogP contribution in [0.2, 0.25) is 0 Å². The molecule has 202 valence electrons. The number of benzene rings is 2. The number of hydrogen-bond acceptors (Lipinski definition) is 5. The van der Waals surface area contributed by atoms with Gasteiger partial charge in [0.25, 0.3) is 0 Å². The molecule has 2 aromatic carbocycles. The zero-order valence-corrected chi connectivity index (χ0v) is 22.4. The average Bonchev–Trinajstić information content (AvgIpc) is 3.42. The van der Waals surface area contributed by atoms with Gasteiger partial charge in [0.05, 0.1) is 39.6 Å². The van der Waals surface area contributed by atoms with E-state index >= 15 is 0 Å². The molecule has 1 saturated heterocycles. The van der Waals surface area contributed by atoms with Gasteiger partial charge < -0.3 is 14.4 Å². The summed E-state index contributed by atoms with van der Waals surface area (Å²) in [5.41, 5.74) is 5.38. The molecule has 1 fully saturated rings. The van der Waals surface area contributed by atoms with E-state index < -0.39 is 17.2 Å². The molecule has 39 heavy (non-hydrogen) atoms. The first-order valence-electron chi connectivity index (χ1n) is 13.2. The van der Waals surface area contributed by atoms with Gasteiger partial charge in [-0.05, 0) is 74.9 Å². The van der Waals surface area contributed by atoms with Crippen LogP contribution in [0.4, 0.5) is 8.78 Å². The van der Waals surface area contributed by atoms with Crippen LogP contribution in [0.3, 0.4) is 0 Å². The number of nitrogens with zero attached hydrogens (tertiary/aromatic N) is 5. The van der Waals surface area contributed by atoms with E-state index in [2.05, 4.69) is 20.9 Å². The van der Waals surface area contributed by atoms with Gasteiger partial charge in [0.1, 0.15) is 0 Å². The number of fused-ring (bicyclic) bond motifs is 3. The monoisotopic (exact) mass is 531 g/mol. The molecule has 4 heterocycles. The van der Waals surface area contributed by atoms with Gasteiger partial charge in [0.15, 0.2) is 11.6 Å². The molecule has 9 heteroatoms. The lowest BCUT2D eigenvalue weighted by Gasteiger charge is -2.33. The van der Waals surface area contributed by atoms with Gasteiger partial charge in [-0.2, -0.15) is 0 Å². The first kappa shape index (κ1) is 25.6. The molecule has 6 rings (SSSR count). The number of rotatable bonds is 5. The van der Waals surface area contributed by atoms with Gasteiger partial charge in [-0.1, -0.05) is 23.4 Å². The number of halogens is 2. The molecular formula is C30H31F2N5O2. The van der Waals surface area contributed by atoms with E-state index in [-0.39, 0.29) is 12.0 Å². The molecule has 1 unspecified atom stereocenters. The van der Waals surface area contributed by atoms with E-state index in [0.29, 0.717) is 18.8 Å². The van der Waals surface area contributed by atoms with Crippen molar-refractivity contribution in [2.45, 2.75) is 45.3 Å². The Balaban J connectivity index is 1.70. The second kappa shape index (κ2) is 9.50. The highest BCUT2D eigenvalue weighted by molar-refractivity contribution is 6.07. The van der Waals surface area contributed by atoms with E-state index in [4.69, 9.17) is 9.72 Å². The maximum absolute atomic E-state index is 14.7. The normalized spacial score (nSPS) is 15.9. The third kappa shape index (κ3) is 4.39. The predicted octanol–water partition coefficient (Wildman–Crippen LogP) is 5.82. The molecule has 1 aliphatic heterocycles. The summed E-state index contributed by atoms with van der Waals surface area (Å²) in [7, 11) is 1.84. The molecule has 1 N–H and O–H groups in total. The van der Waals surface area contributed by atoms with Crippen LogP contribution >= 0.6 is 0 Å². The van der Waals surface area contributed by atoms with Crippen LogP contribution in [-0.2, 0) is 17.4 Å². The van der Waals surface area contributed by atoms with Crippen LogP contribution in [0.15, 0.2) is 48.7 Å². The SMILES string of the molecule is Cc1nnn(C)c1-c1cnc2c3ccc(C(C)(C)O)cc3n(C(c3ccc(F)c(F)c3)C3CCOCC3)c2c1. The fraction of sp³-hybridized carbons (Fsp3) is 0.367. The number of pyridine rings is 1. The second-order valence-corrected chi connectivity index (χ2v) is 11.0. The number of hydrogen-bond donors (Lipinski definition) is 1. The molecule has 0 spiro atoms. The Hall–Kier alpha value is -3.69. The van der Waals surface area contributed by atoms with Crippen molar-refractivity contribution in [3.63, 3.8) is 0 Å². The Morgan fingerprint density at radius 3 is 2.46 bits per heavy atom. The van der Waals surface area contributed by atoms with Crippen molar-refractivity contribution in [2.75, 3.05) is 13.2 Å². The number of aliphatic hydroxyl groups is 1. The molecule has 0 bridgehead atoms. The Labute approximate surface area is 225 Å². The molecular weight excluding hydrogens is 500 g/mol. The number of ether oxygens (including phenoxy) is 1. The Morgan fingerprint density at radius 1 is 1.03 bits per heavy atom. The van der Waals surface area contributed by atoms with E-state index in [1.165, 1.54) is 12.1 Å². The summed E-state index contributed by atoms with van der Waals surface area (Å²) in [6, 6.07) is 11.8. The molecule has 1 aliphatic rings. The van der Waals surface area contributed by atoms with Crippen LogP contribution in [0, 0.1) is 24.5 Å². The van der Waals surface area contributed by atoms with Crippen LogP contribution in [0.25, 0.3) is 33.2 Å². The summed E-state index contributed by atoms with van der Waals surface area (Å²) in [5, 5.41) is 20.2. The Morgan fingerprint density at radius 2 is 1.79 bits per heavy atom. The summed E-state index contributed by atoms with van der Waals surface area (Å²) in [5.74, 6) is -1.64. The van der Waals surface area contributed by atoms with Crippen molar-refractivity contribution in [2.24, 2.45) is 13.0 Å². The number of aryl methyl sites for hydroxylation is 2. The lowest BCUT2D eigenvalue weighted by Crippen LogP contribution is -2.27. The fourth-order valence-electron chi connectivity index (χ4n) is 5.93. The van der Waals surface area contributed by atoms with Gasteiger partial charge in [-0.15, -0.1) is 5.10 Å². The average molecular weight is 532 g/mol. The van der Waals surface area contributed by atoms with E-state index in [9.17, 15) is 13.9 Å². The van der Waals surface area contributed by atoms with Crippen molar-refractivity contribution in [1.29, 1.82) is 0 Å². The van der Waals surface area contributed by atoms with Crippen molar-refractivity contribution in [1.82, 2.24) is 24.5 Å². The molecule has 0 amide bonds. The second-order valence-electron chi connectivity index (χ2n) is 11.0. The quantitative estimate of drug-likeness (QED) is 0.310. The molecule has 1 atom stereocenters. The highest BCUT2D eigenvalue weighted by atomic mass is 19.2. The smallest absolute Gasteiger partial charge is 0.159 e. The summed E-state index contributed by atoms with van der Waals surface area (Å²) < 4.78 is 38.3. The first-order valence-corrected chi connectivity index (χ1v) is 13.2. The van der Waals surface area contributed by atoms with Crippen LogP contribution < -0.4 is 0 Å². The van der Waals surface area contributed by atoms with Crippen molar-refractivity contribution in [3.8, 4) is 11.3 Å². The van der Waals surface area contributed by atoms with Crippen LogP contribution in [0.1, 0.15) is 49.6 Å². The maximum Gasteiger partial charge on any atom is 0.159 e. The standard InChI is InChI=1S/C30H31F2N5O2/c1-17-28(36(4)35-34-17)20-14-26-27(33-16-20)22-7-6-21(30(2,3)38)15-25(22)37(26)29(18-9-11-39-12-10-18)19-5-8-23(31)24(32)13-19/h5-8,13-16,18,29,38H,9-12H2,1-4H3. The molecule has 0 aliphatic carbocycles. The molecule has 7 nitrogen and oxygen atoms in total. The van der Waals surface area contributed by atoms with Gasteiger partial charge in [0.2, 0.25) is 0 Å². The topological polar surface area (TPSA) is 78.0 Å². The first-order chi connectivity index (χ1) is 18.6. The summed E-state index contributed by atoms with van der Waals surface area (Å²) in [6.45, 7) is 6.60. The van der Waals surface area contributed by atoms with Crippen LogP contribution in [0.5, 0.6) is 0 Å². The van der Waals surface area contributed by atoms with E-state index in [0.717, 1.165) is 57.3 Å². The van der Waals surface area contributed by atoms with Gasteiger partial charge in [-0.25, -0.2) is 13.5 Å². The highest BCUT2D eigenvalue weighted by Gasteiger charge is 2.31. The third-order valence-electron chi connectivity index (χ3n) is 7.89. The maximum atomic E-state index is 14.7. The summed E-state index contributed by atoms with van der Waals surface area (Å²) >= 11 is 0. The Kier molecular flexibility index (Phi) is 6.23. The molecule has 3 aromatic heterocycles. The van der Waals surface area contributed by atoms with Crippen molar-refractivity contribution < 1.29 is 18.6 Å². The minimum Gasteiger partial charge on any atom is -0.386 e. The molecule has 0 saturated carbocycles. The van der Waals surface area contributed by atoms with E-state index in [1.807, 2.05) is 38.4 Å². The van der Waals surface area contributed by atoms with E-state index in [1.54, 1.807) is 24.6 Å². The van der Waals surface area contributed by atoms with Crippen molar-refractivity contribution in [3.05, 3.63) is 77.1 Å². The fourth-order valence-corrected chi connectivity index (χ4v) is 5.93. The van der Waals surface area contributed by atoms with Gasteiger partial charge in [0, 0.05) is 37.4 Å². The van der Waals surface area contributed by atoms with Gasteiger partial charge in [-0.3, -0.25) is 4.98 Å². The highest BCUT2D eigenvalue weighted by Crippen LogP contribution is 2.42. The molecule has 5 aromatic rings. The van der Waals surface area contributed by atoms with Crippen molar-refractivity contribution >= 4 is 21.9 Å². The zero-order chi connectivity index (χ0) is 27.5. The minimum atomic E-state index is -1.07. The summed E-state index contributed by atoms with van der Waals surface area (Å²) in [4.78, 5) is 4.90. The lowest BCUT2D eigenvalue weighted by molar-refractivity contribution is 0.0552. The van der Waals surface area contributed by atoms with Crippen LogP contribution in [-0.4, -0.2) is 42.9 Å². The minimum absolute atomic E-state index is 0.108. The Bertz CT molecular complexity index is 1680. The largest absolute Gasteiger partial charge is 0.386 e. The third-order valence-corrected chi connectivity index (χ3v) is 7.89. The zero-order valence-electron chi connectivity index (χ0n) is 22.4. The van der Waals surface area contributed by atoms with Gasteiger partial charge >= 0.3 is 0 Å². The predicted molar refractivity (Wildman–Crippen MR) is 145 cm³/mol.